The van der Waals surface area contributed by atoms with Crippen LogP contribution in [0.15, 0.2) is 60.7 Å². The van der Waals surface area contributed by atoms with Crippen molar-refractivity contribution in [3.05, 3.63) is 81.8 Å². The number of rotatable bonds is 7. The largest absolute Gasteiger partial charge is 0.496 e. The van der Waals surface area contributed by atoms with Crippen molar-refractivity contribution in [1.82, 2.24) is 5.32 Å². The number of para-hydroxylation sites is 1. The molecule has 3 N–H and O–H groups in total. The number of amides is 2. The number of aliphatic carboxylic acids is 1. The third-order valence-corrected chi connectivity index (χ3v) is 5.10. The summed E-state index contributed by atoms with van der Waals surface area (Å²) in [5.74, 6) is -0.251. The highest BCUT2D eigenvalue weighted by atomic mass is 35.5. The van der Waals surface area contributed by atoms with Crippen LogP contribution in [0.5, 0.6) is 5.75 Å². The number of halogens is 2. The van der Waals surface area contributed by atoms with E-state index in [4.69, 9.17) is 33.0 Å². The van der Waals surface area contributed by atoms with Gasteiger partial charge in [0, 0.05) is 23.4 Å². The molecule has 0 aliphatic rings. The monoisotopic (exact) mass is 458 g/mol. The molecule has 2 amide bonds. The first-order valence-electron chi connectivity index (χ1n) is 9.34. The van der Waals surface area contributed by atoms with Crippen LogP contribution in [0.1, 0.15) is 11.1 Å². The molecule has 8 heteroatoms. The van der Waals surface area contributed by atoms with Gasteiger partial charge in [0.1, 0.15) is 5.75 Å². The van der Waals surface area contributed by atoms with E-state index in [0.29, 0.717) is 32.6 Å². The number of carbonyl (C=O) groups excluding carboxylic acids is 1. The number of carboxylic acid groups (broad SMARTS) is 1. The van der Waals surface area contributed by atoms with Crippen LogP contribution < -0.4 is 15.4 Å². The van der Waals surface area contributed by atoms with Crippen molar-refractivity contribution in [3.63, 3.8) is 0 Å². The van der Waals surface area contributed by atoms with Crippen molar-refractivity contribution in [2.45, 2.75) is 13.0 Å². The molecule has 3 rings (SSSR count). The lowest BCUT2D eigenvalue weighted by Gasteiger charge is -2.14. The highest BCUT2D eigenvalue weighted by Gasteiger charge is 2.15. The maximum absolute atomic E-state index is 12.3. The minimum atomic E-state index is -0.890. The van der Waals surface area contributed by atoms with Gasteiger partial charge < -0.3 is 20.5 Å². The first-order valence-corrected chi connectivity index (χ1v) is 10.1. The first-order chi connectivity index (χ1) is 14.9. The predicted molar refractivity (Wildman–Crippen MR) is 122 cm³/mol. The number of nitrogens with one attached hydrogen (secondary N) is 2. The number of urea groups is 1. The predicted octanol–water partition coefficient (Wildman–Crippen LogP) is 5.62. The van der Waals surface area contributed by atoms with Gasteiger partial charge in [0.2, 0.25) is 0 Å². The summed E-state index contributed by atoms with van der Waals surface area (Å²) in [4.78, 5) is 23.0. The minimum absolute atomic E-state index is 0.0411. The van der Waals surface area contributed by atoms with Gasteiger partial charge in [-0.05, 0) is 29.3 Å². The van der Waals surface area contributed by atoms with Crippen molar-refractivity contribution < 1.29 is 19.4 Å². The molecule has 0 radical (unpaired) electrons. The Bertz CT molecular complexity index is 1080. The number of anilines is 1. The minimum Gasteiger partial charge on any atom is -0.496 e. The maximum Gasteiger partial charge on any atom is 0.319 e. The second-order valence-electron chi connectivity index (χ2n) is 6.71. The molecule has 0 aromatic heterocycles. The fraction of sp³-hybridized carbons (Fsp3) is 0.130. The van der Waals surface area contributed by atoms with Crippen molar-refractivity contribution in [3.8, 4) is 16.9 Å². The second kappa shape index (κ2) is 10.2. The van der Waals surface area contributed by atoms with Crippen molar-refractivity contribution in [1.29, 1.82) is 0 Å². The summed E-state index contributed by atoms with van der Waals surface area (Å²) in [6.45, 7) is 0.278. The summed E-state index contributed by atoms with van der Waals surface area (Å²) in [6, 6.07) is 17.2. The van der Waals surface area contributed by atoms with Crippen LogP contribution in [0.2, 0.25) is 10.0 Å². The van der Waals surface area contributed by atoms with E-state index in [1.165, 1.54) is 0 Å². The molecule has 0 spiro atoms. The number of hydrogen-bond donors (Lipinski definition) is 3. The van der Waals surface area contributed by atoms with E-state index in [1.54, 1.807) is 43.5 Å². The zero-order valence-corrected chi connectivity index (χ0v) is 18.1. The van der Waals surface area contributed by atoms with Crippen molar-refractivity contribution in [2.75, 3.05) is 12.4 Å². The Morgan fingerprint density at radius 1 is 0.968 bits per heavy atom. The van der Waals surface area contributed by atoms with Crippen molar-refractivity contribution >= 4 is 40.9 Å². The third kappa shape index (κ3) is 5.90. The molecule has 0 unspecified atom stereocenters. The SMILES string of the molecule is COc1ccccc1-c1c(Cl)cc(NC(=O)NCc2ccc(CC(=O)O)cc2)cc1Cl. The van der Waals surface area contributed by atoms with Gasteiger partial charge in [-0.15, -0.1) is 0 Å². The fourth-order valence-electron chi connectivity index (χ4n) is 3.06. The molecular formula is C23H20Cl2N2O4. The number of carboxylic acids is 1. The van der Waals surface area contributed by atoms with Gasteiger partial charge in [-0.2, -0.15) is 0 Å². The summed E-state index contributed by atoms with van der Waals surface area (Å²) in [5, 5.41) is 15.0. The molecule has 3 aromatic rings. The zero-order chi connectivity index (χ0) is 22.4. The average Bonchev–Trinajstić information content (AvgIpc) is 2.73. The molecule has 0 saturated heterocycles. The molecule has 0 saturated carbocycles. The molecule has 31 heavy (non-hydrogen) atoms. The van der Waals surface area contributed by atoms with E-state index >= 15 is 0 Å². The van der Waals surface area contributed by atoms with E-state index in [9.17, 15) is 9.59 Å². The Morgan fingerprint density at radius 2 is 1.58 bits per heavy atom. The fourth-order valence-corrected chi connectivity index (χ4v) is 3.75. The van der Waals surface area contributed by atoms with Crippen LogP contribution in [0.3, 0.4) is 0 Å². The molecule has 0 fully saturated rings. The Hall–Kier alpha value is -3.22. The summed E-state index contributed by atoms with van der Waals surface area (Å²) in [5.41, 5.74) is 3.35. The van der Waals surface area contributed by atoms with Crippen LogP contribution in [-0.4, -0.2) is 24.2 Å². The lowest BCUT2D eigenvalue weighted by Crippen LogP contribution is -2.28. The average molecular weight is 459 g/mol. The Labute approximate surface area is 189 Å². The molecule has 3 aromatic carbocycles. The summed E-state index contributed by atoms with van der Waals surface area (Å²) < 4.78 is 5.38. The van der Waals surface area contributed by atoms with Crippen LogP contribution in [0.25, 0.3) is 11.1 Å². The van der Waals surface area contributed by atoms with E-state index in [2.05, 4.69) is 10.6 Å². The number of hydrogen-bond acceptors (Lipinski definition) is 3. The summed E-state index contributed by atoms with van der Waals surface area (Å²) >= 11 is 12.9. The first kappa shape index (κ1) is 22.5. The lowest BCUT2D eigenvalue weighted by atomic mass is 10.0. The van der Waals surface area contributed by atoms with Gasteiger partial charge in [-0.3, -0.25) is 4.79 Å². The summed E-state index contributed by atoms with van der Waals surface area (Å²) in [7, 11) is 1.57. The van der Waals surface area contributed by atoms with Gasteiger partial charge >= 0.3 is 12.0 Å². The Morgan fingerprint density at radius 3 is 2.19 bits per heavy atom. The zero-order valence-electron chi connectivity index (χ0n) is 16.6. The second-order valence-corrected chi connectivity index (χ2v) is 7.52. The highest BCUT2D eigenvalue weighted by Crippen LogP contribution is 2.41. The van der Waals surface area contributed by atoms with E-state index in [0.717, 1.165) is 11.1 Å². The molecule has 0 heterocycles. The number of carbonyl (C=O) groups is 2. The van der Waals surface area contributed by atoms with Crippen LogP contribution >= 0.6 is 23.2 Å². The van der Waals surface area contributed by atoms with Gasteiger partial charge in [-0.1, -0.05) is 65.7 Å². The molecule has 0 bridgehead atoms. The molecule has 0 aliphatic carbocycles. The molecular weight excluding hydrogens is 439 g/mol. The molecule has 160 valence electrons. The lowest BCUT2D eigenvalue weighted by molar-refractivity contribution is -0.136. The number of benzene rings is 3. The maximum atomic E-state index is 12.3. The van der Waals surface area contributed by atoms with Gasteiger partial charge in [-0.25, -0.2) is 4.79 Å². The van der Waals surface area contributed by atoms with Gasteiger partial charge in [0.15, 0.2) is 0 Å². The highest BCUT2D eigenvalue weighted by molar-refractivity contribution is 6.40. The molecule has 0 aliphatic heterocycles. The van der Waals surface area contributed by atoms with E-state index in [-0.39, 0.29) is 13.0 Å². The van der Waals surface area contributed by atoms with E-state index in [1.807, 2.05) is 24.3 Å². The number of ether oxygens (including phenoxy) is 1. The van der Waals surface area contributed by atoms with E-state index < -0.39 is 12.0 Å². The van der Waals surface area contributed by atoms with Crippen LogP contribution in [0.4, 0.5) is 10.5 Å². The van der Waals surface area contributed by atoms with Crippen LogP contribution in [-0.2, 0) is 17.8 Å². The normalized spacial score (nSPS) is 10.4. The quantitative estimate of drug-likeness (QED) is 0.428. The topological polar surface area (TPSA) is 87.7 Å². The molecule has 6 nitrogen and oxygen atoms in total. The molecule has 0 atom stereocenters. The smallest absolute Gasteiger partial charge is 0.319 e. The summed E-state index contributed by atoms with van der Waals surface area (Å²) in [6.07, 6.45) is -0.0411. The van der Waals surface area contributed by atoms with Crippen LogP contribution in [0, 0.1) is 0 Å². The Balaban J connectivity index is 1.66. The van der Waals surface area contributed by atoms with Gasteiger partial charge in [0.05, 0.1) is 23.6 Å². The third-order valence-electron chi connectivity index (χ3n) is 4.51. The Kier molecular flexibility index (Phi) is 7.39. The number of methoxy groups -OCH3 is 1. The standard InChI is InChI=1S/C23H20Cl2N2O4/c1-31-20-5-3-2-4-17(20)22-18(24)11-16(12-19(22)25)27-23(30)26-13-15-8-6-14(7-9-15)10-21(28)29/h2-9,11-12H,10,13H2,1H3,(H,28,29)(H2,26,27,30). The van der Waals surface area contributed by atoms with Crippen molar-refractivity contribution in [2.24, 2.45) is 0 Å². The van der Waals surface area contributed by atoms with Gasteiger partial charge in [0.25, 0.3) is 0 Å².